The molecule has 6 nitrogen and oxygen atoms in total. The third-order valence-corrected chi connectivity index (χ3v) is 6.06. The number of rotatable bonds is 3. The molecule has 118 valence electrons. The summed E-state index contributed by atoms with van der Waals surface area (Å²) in [6.45, 7) is 6.89. The van der Waals surface area contributed by atoms with Crippen molar-refractivity contribution in [3.05, 3.63) is 12.4 Å². The maximum Gasteiger partial charge on any atom is 0.241 e. The zero-order valence-corrected chi connectivity index (χ0v) is 13.8. The van der Waals surface area contributed by atoms with Crippen molar-refractivity contribution >= 4 is 15.7 Å². The average Bonchev–Trinajstić information content (AvgIpc) is 2.82. The summed E-state index contributed by atoms with van der Waals surface area (Å²) in [4.78, 5) is 18.1. The van der Waals surface area contributed by atoms with Crippen LogP contribution >= 0.6 is 0 Å². The maximum atomic E-state index is 12.6. The highest BCUT2D eigenvalue weighted by molar-refractivity contribution is 7.92. The topological polar surface area (TPSA) is 72.3 Å². The Hall–Kier alpha value is -1.37. The zero-order valence-electron chi connectivity index (χ0n) is 13.0. The van der Waals surface area contributed by atoms with E-state index in [1.54, 1.807) is 18.1 Å². The lowest BCUT2D eigenvalue weighted by Gasteiger charge is -2.36. The Kier molecular flexibility index (Phi) is 4.41. The molecule has 0 aromatic carbocycles. The molecule has 0 N–H and O–H groups in total. The number of carbonyl (C=O) groups excluding carboxylic acids is 1. The molecule has 1 fully saturated rings. The van der Waals surface area contributed by atoms with Crippen LogP contribution in [0, 0.1) is 11.8 Å². The molecule has 3 atom stereocenters. The van der Waals surface area contributed by atoms with Gasteiger partial charge < -0.3 is 9.47 Å². The van der Waals surface area contributed by atoms with Crippen LogP contribution in [0.1, 0.15) is 27.2 Å². The van der Waals surface area contributed by atoms with E-state index in [1.807, 2.05) is 0 Å². The Balaban J connectivity index is 2.21. The summed E-state index contributed by atoms with van der Waals surface area (Å²) in [7, 11) is -2.14. The molecule has 1 aromatic rings. The number of likely N-dealkylation sites (tertiary alicyclic amines) is 1. The quantitative estimate of drug-likeness (QED) is 0.837. The highest BCUT2D eigenvalue weighted by Gasteiger charge is 2.37. The molecule has 0 radical (unpaired) electrons. The molecule has 1 amide bonds. The summed E-state index contributed by atoms with van der Waals surface area (Å²) in [5.74, 6) is 0.484. The molecule has 0 bridgehead atoms. The van der Waals surface area contributed by atoms with Gasteiger partial charge in [0.2, 0.25) is 20.9 Å². The second-order valence-electron chi connectivity index (χ2n) is 6.20. The minimum absolute atomic E-state index is 0.0542. The van der Waals surface area contributed by atoms with Gasteiger partial charge in [-0.3, -0.25) is 4.79 Å². The predicted octanol–water partition coefficient (Wildman–Crippen LogP) is 1.09. The zero-order chi connectivity index (χ0) is 15.8. The number of sulfone groups is 1. The SMILES string of the molecule is CC1CC(C)CN(C(=O)C(C)S(=O)(=O)c2nccn2C)C1. The number of aromatic nitrogens is 2. The number of piperidine rings is 1. The normalized spacial score (nSPS) is 24.9. The molecule has 0 spiro atoms. The maximum absolute atomic E-state index is 12.6. The smallest absolute Gasteiger partial charge is 0.241 e. The number of aryl methyl sites for hydroxylation is 1. The van der Waals surface area contributed by atoms with Crippen molar-refractivity contribution in [1.82, 2.24) is 14.5 Å². The van der Waals surface area contributed by atoms with Crippen LogP contribution in [0.2, 0.25) is 0 Å². The van der Waals surface area contributed by atoms with Crippen molar-refractivity contribution in [3.63, 3.8) is 0 Å². The first-order valence-electron chi connectivity index (χ1n) is 7.23. The summed E-state index contributed by atoms with van der Waals surface area (Å²) in [6, 6.07) is 0. The lowest BCUT2D eigenvalue weighted by atomic mass is 9.92. The van der Waals surface area contributed by atoms with Gasteiger partial charge in [-0.05, 0) is 25.2 Å². The van der Waals surface area contributed by atoms with E-state index in [2.05, 4.69) is 18.8 Å². The minimum atomic E-state index is -3.75. The van der Waals surface area contributed by atoms with E-state index in [0.717, 1.165) is 6.42 Å². The van der Waals surface area contributed by atoms with Gasteiger partial charge in [-0.15, -0.1) is 0 Å². The molecule has 21 heavy (non-hydrogen) atoms. The third-order valence-electron chi connectivity index (χ3n) is 4.03. The highest BCUT2D eigenvalue weighted by atomic mass is 32.2. The van der Waals surface area contributed by atoms with Crippen LogP contribution in [0.4, 0.5) is 0 Å². The number of hydrogen-bond donors (Lipinski definition) is 0. The second kappa shape index (κ2) is 5.79. The Morgan fingerprint density at radius 1 is 1.33 bits per heavy atom. The molecular formula is C14H23N3O3S. The van der Waals surface area contributed by atoms with E-state index in [4.69, 9.17) is 0 Å². The van der Waals surface area contributed by atoms with Crippen molar-refractivity contribution in [2.45, 2.75) is 37.6 Å². The van der Waals surface area contributed by atoms with Gasteiger partial charge in [-0.2, -0.15) is 0 Å². The standard InChI is InChI=1S/C14H23N3O3S/c1-10-7-11(2)9-17(8-10)13(18)12(3)21(19,20)14-15-5-6-16(14)4/h5-6,10-12H,7-9H2,1-4H3. The van der Waals surface area contributed by atoms with E-state index >= 15 is 0 Å². The first-order chi connectivity index (χ1) is 9.73. The van der Waals surface area contributed by atoms with Crippen LogP contribution in [-0.4, -0.2) is 47.1 Å². The lowest BCUT2D eigenvalue weighted by molar-refractivity contribution is -0.133. The van der Waals surface area contributed by atoms with E-state index < -0.39 is 15.1 Å². The van der Waals surface area contributed by atoms with Gasteiger partial charge in [0.25, 0.3) is 0 Å². The molecule has 2 rings (SSSR count). The molecule has 1 aliphatic rings. The molecular weight excluding hydrogens is 290 g/mol. The van der Waals surface area contributed by atoms with Crippen molar-refractivity contribution in [3.8, 4) is 0 Å². The van der Waals surface area contributed by atoms with Crippen LogP contribution in [0.15, 0.2) is 17.6 Å². The van der Waals surface area contributed by atoms with E-state index in [9.17, 15) is 13.2 Å². The fourth-order valence-corrected chi connectivity index (χ4v) is 4.42. The number of imidazole rings is 1. The van der Waals surface area contributed by atoms with Gasteiger partial charge in [0.1, 0.15) is 5.25 Å². The van der Waals surface area contributed by atoms with Gasteiger partial charge in [0.15, 0.2) is 0 Å². The second-order valence-corrected chi connectivity index (χ2v) is 8.36. The van der Waals surface area contributed by atoms with Crippen LogP contribution < -0.4 is 0 Å². The molecule has 1 aromatic heterocycles. The Morgan fingerprint density at radius 2 is 1.90 bits per heavy atom. The summed E-state index contributed by atoms with van der Waals surface area (Å²) in [6.07, 6.45) is 4.06. The largest absolute Gasteiger partial charge is 0.341 e. The fraction of sp³-hybridized carbons (Fsp3) is 0.714. The minimum Gasteiger partial charge on any atom is -0.341 e. The van der Waals surface area contributed by atoms with E-state index in [0.29, 0.717) is 24.9 Å². The molecule has 1 saturated heterocycles. The third kappa shape index (κ3) is 3.12. The van der Waals surface area contributed by atoms with Gasteiger partial charge in [-0.1, -0.05) is 13.8 Å². The summed E-state index contributed by atoms with van der Waals surface area (Å²) >= 11 is 0. The molecule has 0 saturated carbocycles. The van der Waals surface area contributed by atoms with Crippen LogP contribution in [0.3, 0.4) is 0 Å². The average molecular weight is 313 g/mol. The van der Waals surface area contributed by atoms with E-state index in [1.165, 1.54) is 17.7 Å². The van der Waals surface area contributed by atoms with Gasteiger partial charge in [0.05, 0.1) is 0 Å². The lowest BCUT2D eigenvalue weighted by Crippen LogP contribution is -2.48. The molecule has 3 unspecified atom stereocenters. The van der Waals surface area contributed by atoms with Gasteiger partial charge in [0, 0.05) is 32.5 Å². The van der Waals surface area contributed by atoms with Crippen molar-refractivity contribution in [2.24, 2.45) is 18.9 Å². The Labute approximate surface area is 126 Å². The predicted molar refractivity (Wildman–Crippen MR) is 79.4 cm³/mol. The molecule has 7 heteroatoms. The van der Waals surface area contributed by atoms with Crippen LogP contribution in [0.25, 0.3) is 0 Å². The summed E-state index contributed by atoms with van der Waals surface area (Å²) < 4.78 is 26.5. The Morgan fingerprint density at radius 3 is 2.38 bits per heavy atom. The van der Waals surface area contributed by atoms with Gasteiger partial charge in [-0.25, -0.2) is 13.4 Å². The summed E-state index contributed by atoms with van der Waals surface area (Å²) in [5, 5.41) is -1.16. The summed E-state index contributed by atoms with van der Waals surface area (Å²) in [5.41, 5.74) is 0. The van der Waals surface area contributed by atoms with Gasteiger partial charge >= 0.3 is 0 Å². The van der Waals surface area contributed by atoms with Crippen LogP contribution in [-0.2, 0) is 21.7 Å². The number of carbonyl (C=O) groups is 1. The first-order valence-corrected chi connectivity index (χ1v) is 8.78. The number of amides is 1. The fourth-order valence-electron chi connectivity index (χ4n) is 3.02. The van der Waals surface area contributed by atoms with Crippen LogP contribution in [0.5, 0.6) is 0 Å². The number of nitrogens with zero attached hydrogens (tertiary/aromatic N) is 3. The van der Waals surface area contributed by atoms with Crippen molar-refractivity contribution in [2.75, 3.05) is 13.1 Å². The van der Waals surface area contributed by atoms with E-state index in [-0.39, 0.29) is 11.1 Å². The van der Waals surface area contributed by atoms with Crippen molar-refractivity contribution in [1.29, 1.82) is 0 Å². The number of hydrogen-bond acceptors (Lipinski definition) is 4. The first kappa shape index (κ1) is 16.0. The molecule has 0 aliphatic carbocycles. The molecule has 2 heterocycles. The molecule has 1 aliphatic heterocycles. The monoisotopic (exact) mass is 313 g/mol. The Bertz CT molecular complexity index is 613. The highest BCUT2D eigenvalue weighted by Crippen LogP contribution is 2.23. The van der Waals surface area contributed by atoms with Crippen molar-refractivity contribution < 1.29 is 13.2 Å².